The number of thiophene rings is 1. The van der Waals surface area contributed by atoms with Crippen LogP contribution in [-0.4, -0.2) is 11.2 Å². The molecule has 0 spiro atoms. The van der Waals surface area contributed by atoms with Gasteiger partial charge in [0.2, 0.25) is 0 Å². The summed E-state index contributed by atoms with van der Waals surface area (Å²) in [5.74, 6) is 1.15. The van der Waals surface area contributed by atoms with Gasteiger partial charge in [-0.05, 0) is 40.6 Å². The van der Waals surface area contributed by atoms with Gasteiger partial charge in [0.25, 0.3) is 0 Å². The molecule has 2 rings (SSSR count). The third-order valence-electron chi connectivity index (χ3n) is 2.95. The van der Waals surface area contributed by atoms with Gasteiger partial charge in [0.1, 0.15) is 0 Å². The fourth-order valence-electron chi connectivity index (χ4n) is 2.11. The molecule has 1 N–H and O–H groups in total. The highest BCUT2D eigenvalue weighted by atomic mass is 32.1. The second-order valence-electron chi connectivity index (χ2n) is 3.54. The maximum atomic E-state index is 9.48. The smallest absolute Gasteiger partial charge is 0.0580 e. The molecule has 66 valence electrons. The monoisotopic (exact) mass is 182 g/mol. The normalized spacial score (nSPS) is 34.7. The van der Waals surface area contributed by atoms with Crippen LogP contribution in [0.2, 0.25) is 0 Å². The summed E-state index contributed by atoms with van der Waals surface area (Å²) in [6, 6.07) is 2.18. The fourth-order valence-corrected chi connectivity index (χ4v) is 2.83. The largest absolute Gasteiger partial charge is 0.393 e. The Morgan fingerprint density at radius 2 is 2.50 bits per heavy atom. The van der Waals surface area contributed by atoms with Gasteiger partial charge in [0.15, 0.2) is 0 Å². The summed E-state index contributed by atoms with van der Waals surface area (Å²) < 4.78 is 0. The van der Waals surface area contributed by atoms with Crippen LogP contribution < -0.4 is 0 Å². The molecule has 0 saturated heterocycles. The summed E-state index contributed by atoms with van der Waals surface area (Å²) in [4.78, 5) is 0. The molecule has 1 aromatic rings. The lowest BCUT2D eigenvalue weighted by Gasteiger charge is -2.41. The third-order valence-corrected chi connectivity index (χ3v) is 3.65. The van der Waals surface area contributed by atoms with Crippen LogP contribution in [0.4, 0.5) is 0 Å². The average Bonchev–Trinajstić information content (AvgIpc) is 2.52. The third kappa shape index (κ3) is 1.19. The Bertz CT molecular complexity index is 242. The number of hydrogen-bond donors (Lipinski definition) is 1. The van der Waals surface area contributed by atoms with E-state index < -0.39 is 0 Å². The quantitative estimate of drug-likeness (QED) is 0.745. The highest BCUT2D eigenvalue weighted by Crippen LogP contribution is 2.44. The van der Waals surface area contributed by atoms with Gasteiger partial charge in [-0.1, -0.05) is 13.3 Å². The summed E-state index contributed by atoms with van der Waals surface area (Å²) in [7, 11) is 0. The van der Waals surface area contributed by atoms with Gasteiger partial charge >= 0.3 is 0 Å². The fraction of sp³-hybridized carbons (Fsp3) is 0.600. The maximum absolute atomic E-state index is 9.48. The number of rotatable bonds is 2. The van der Waals surface area contributed by atoms with Gasteiger partial charge in [0.05, 0.1) is 6.10 Å². The van der Waals surface area contributed by atoms with E-state index in [-0.39, 0.29) is 6.10 Å². The summed E-state index contributed by atoms with van der Waals surface area (Å²) in [5, 5.41) is 13.8. The van der Waals surface area contributed by atoms with E-state index in [2.05, 4.69) is 23.8 Å². The highest BCUT2D eigenvalue weighted by molar-refractivity contribution is 7.07. The van der Waals surface area contributed by atoms with E-state index in [4.69, 9.17) is 0 Å². The van der Waals surface area contributed by atoms with Gasteiger partial charge in [0, 0.05) is 0 Å². The van der Waals surface area contributed by atoms with E-state index in [1.807, 2.05) is 0 Å². The van der Waals surface area contributed by atoms with Gasteiger partial charge in [-0.2, -0.15) is 11.3 Å². The van der Waals surface area contributed by atoms with Crippen LogP contribution in [-0.2, 0) is 0 Å². The van der Waals surface area contributed by atoms with Crippen LogP contribution in [0, 0.1) is 5.92 Å². The van der Waals surface area contributed by atoms with E-state index in [1.165, 1.54) is 5.56 Å². The number of aliphatic hydroxyl groups is 1. The maximum Gasteiger partial charge on any atom is 0.0580 e. The highest BCUT2D eigenvalue weighted by Gasteiger charge is 2.39. The van der Waals surface area contributed by atoms with Gasteiger partial charge in [-0.3, -0.25) is 0 Å². The Morgan fingerprint density at radius 3 is 3.00 bits per heavy atom. The molecule has 1 heterocycles. The van der Waals surface area contributed by atoms with E-state index in [0.29, 0.717) is 11.8 Å². The van der Waals surface area contributed by atoms with Crippen molar-refractivity contribution in [3.63, 3.8) is 0 Å². The van der Waals surface area contributed by atoms with Crippen LogP contribution >= 0.6 is 11.3 Å². The first-order valence-corrected chi connectivity index (χ1v) is 5.47. The van der Waals surface area contributed by atoms with E-state index >= 15 is 0 Å². The van der Waals surface area contributed by atoms with Gasteiger partial charge in [-0.15, -0.1) is 0 Å². The van der Waals surface area contributed by atoms with E-state index in [9.17, 15) is 5.11 Å². The SMILES string of the molecule is CCC1C(O)CC1c1ccsc1. The van der Waals surface area contributed by atoms with Crippen molar-refractivity contribution in [1.82, 2.24) is 0 Å². The second kappa shape index (κ2) is 3.19. The Morgan fingerprint density at radius 1 is 1.67 bits per heavy atom. The molecule has 0 aliphatic heterocycles. The molecule has 3 atom stereocenters. The van der Waals surface area contributed by atoms with E-state index in [1.54, 1.807) is 11.3 Å². The lowest BCUT2D eigenvalue weighted by atomic mass is 9.67. The van der Waals surface area contributed by atoms with Crippen molar-refractivity contribution in [2.24, 2.45) is 5.92 Å². The summed E-state index contributed by atoms with van der Waals surface area (Å²) in [5.41, 5.74) is 1.43. The molecule has 0 bridgehead atoms. The molecule has 12 heavy (non-hydrogen) atoms. The molecular weight excluding hydrogens is 168 g/mol. The van der Waals surface area contributed by atoms with Crippen molar-refractivity contribution >= 4 is 11.3 Å². The molecule has 1 saturated carbocycles. The second-order valence-corrected chi connectivity index (χ2v) is 4.32. The van der Waals surface area contributed by atoms with Gasteiger partial charge < -0.3 is 5.11 Å². The van der Waals surface area contributed by atoms with Crippen molar-refractivity contribution in [3.05, 3.63) is 22.4 Å². The standard InChI is InChI=1S/C10H14OS/c1-2-8-9(5-10(8)11)7-3-4-12-6-7/h3-4,6,8-11H,2,5H2,1H3. The van der Waals surface area contributed by atoms with Crippen molar-refractivity contribution in [3.8, 4) is 0 Å². The first-order chi connectivity index (χ1) is 5.83. The minimum atomic E-state index is -0.0418. The molecule has 0 amide bonds. The zero-order chi connectivity index (χ0) is 8.55. The zero-order valence-electron chi connectivity index (χ0n) is 7.23. The lowest BCUT2D eigenvalue weighted by Crippen LogP contribution is -2.38. The molecule has 3 unspecified atom stereocenters. The van der Waals surface area contributed by atoms with Crippen LogP contribution in [0.15, 0.2) is 16.8 Å². The van der Waals surface area contributed by atoms with Crippen molar-refractivity contribution in [1.29, 1.82) is 0 Å². The number of aliphatic hydroxyl groups excluding tert-OH is 1. The first kappa shape index (κ1) is 8.27. The van der Waals surface area contributed by atoms with Crippen LogP contribution in [0.3, 0.4) is 0 Å². The Hall–Kier alpha value is -0.340. The minimum absolute atomic E-state index is 0.0418. The summed E-state index contributed by atoms with van der Waals surface area (Å²) in [6.45, 7) is 2.16. The molecule has 1 aliphatic rings. The average molecular weight is 182 g/mol. The molecule has 0 radical (unpaired) electrons. The first-order valence-electron chi connectivity index (χ1n) is 4.53. The van der Waals surface area contributed by atoms with Crippen molar-refractivity contribution < 1.29 is 5.11 Å². The predicted molar refractivity (Wildman–Crippen MR) is 51.5 cm³/mol. The van der Waals surface area contributed by atoms with E-state index in [0.717, 1.165) is 12.8 Å². The Balaban J connectivity index is 2.08. The molecule has 0 aromatic carbocycles. The van der Waals surface area contributed by atoms with Crippen LogP contribution in [0.5, 0.6) is 0 Å². The predicted octanol–water partition coefficient (Wildman–Crippen LogP) is 2.62. The minimum Gasteiger partial charge on any atom is -0.393 e. The summed E-state index contributed by atoms with van der Waals surface area (Å²) >= 11 is 1.75. The Labute approximate surface area is 77.0 Å². The lowest BCUT2D eigenvalue weighted by molar-refractivity contribution is -0.000586. The van der Waals surface area contributed by atoms with Crippen LogP contribution in [0.1, 0.15) is 31.2 Å². The molecule has 1 aromatic heterocycles. The molecule has 1 fully saturated rings. The topological polar surface area (TPSA) is 20.2 Å². The van der Waals surface area contributed by atoms with Crippen molar-refractivity contribution in [2.75, 3.05) is 0 Å². The summed E-state index contributed by atoms with van der Waals surface area (Å²) in [6.07, 6.45) is 2.02. The molecular formula is C10H14OS. The number of hydrogen-bond acceptors (Lipinski definition) is 2. The Kier molecular flexibility index (Phi) is 2.20. The molecule has 2 heteroatoms. The van der Waals surface area contributed by atoms with Crippen LogP contribution in [0.25, 0.3) is 0 Å². The van der Waals surface area contributed by atoms with Gasteiger partial charge in [-0.25, -0.2) is 0 Å². The molecule has 1 nitrogen and oxygen atoms in total. The molecule has 1 aliphatic carbocycles. The zero-order valence-corrected chi connectivity index (χ0v) is 8.05. The van der Waals surface area contributed by atoms with Crippen molar-refractivity contribution in [2.45, 2.75) is 31.8 Å².